The SMILES string of the molecule is COc1ccc(C2CC(c3nc4ccccc4[nH]3)=NN2C(=O)CCCl)cc1. The monoisotopic (exact) mass is 382 g/mol. The van der Waals surface area contributed by atoms with E-state index in [1.54, 1.807) is 7.11 Å². The minimum atomic E-state index is -0.185. The number of hydrogen-bond donors (Lipinski definition) is 1. The summed E-state index contributed by atoms with van der Waals surface area (Å²) >= 11 is 5.78. The summed E-state index contributed by atoms with van der Waals surface area (Å²) < 4.78 is 5.23. The summed E-state index contributed by atoms with van der Waals surface area (Å²) in [5.41, 5.74) is 3.58. The number of ether oxygens (including phenoxy) is 1. The van der Waals surface area contributed by atoms with Gasteiger partial charge in [-0.05, 0) is 29.8 Å². The molecule has 6 nitrogen and oxygen atoms in total. The zero-order valence-corrected chi connectivity index (χ0v) is 15.6. The minimum absolute atomic E-state index is 0.100. The maximum Gasteiger partial charge on any atom is 0.244 e. The molecule has 1 amide bonds. The molecule has 0 spiro atoms. The Balaban J connectivity index is 1.68. The van der Waals surface area contributed by atoms with Gasteiger partial charge in [-0.3, -0.25) is 4.79 Å². The first-order valence-corrected chi connectivity index (χ1v) is 9.27. The molecule has 0 saturated carbocycles. The van der Waals surface area contributed by atoms with Gasteiger partial charge in [0.1, 0.15) is 11.5 Å². The molecule has 7 heteroatoms. The van der Waals surface area contributed by atoms with Crippen LogP contribution in [-0.4, -0.2) is 39.6 Å². The van der Waals surface area contributed by atoms with Crippen molar-refractivity contribution >= 4 is 34.3 Å². The van der Waals surface area contributed by atoms with Crippen molar-refractivity contribution in [3.05, 3.63) is 59.9 Å². The molecule has 1 aliphatic rings. The third-order valence-electron chi connectivity index (χ3n) is 4.64. The fourth-order valence-electron chi connectivity index (χ4n) is 3.25. The Morgan fingerprint density at radius 2 is 2.04 bits per heavy atom. The van der Waals surface area contributed by atoms with Crippen LogP contribution < -0.4 is 4.74 Å². The molecule has 2 aromatic carbocycles. The van der Waals surface area contributed by atoms with E-state index in [-0.39, 0.29) is 24.2 Å². The van der Waals surface area contributed by atoms with Crippen LogP contribution in [0.3, 0.4) is 0 Å². The number of amides is 1. The first kappa shape index (κ1) is 17.5. The number of nitrogens with one attached hydrogen (secondary N) is 1. The van der Waals surface area contributed by atoms with Gasteiger partial charge in [0.2, 0.25) is 5.91 Å². The normalized spacial score (nSPS) is 16.6. The Kier molecular flexibility index (Phi) is 4.81. The third-order valence-corrected chi connectivity index (χ3v) is 4.83. The number of hydrazone groups is 1. The lowest BCUT2D eigenvalue weighted by molar-refractivity contribution is -0.132. The molecule has 27 heavy (non-hydrogen) atoms. The van der Waals surface area contributed by atoms with E-state index in [1.807, 2.05) is 48.5 Å². The molecule has 0 radical (unpaired) electrons. The lowest BCUT2D eigenvalue weighted by atomic mass is 10.0. The molecule has 0 saturated heterocycles. The van der Waals surface area contributed by atoms with E-state index in [1.165, 1.54) is 5.01 Å². The van der Waals surface area contributed by atoms with Gasteiger partial charge >= 0.3 is 0 Å². The van der Waals surface area contributed by atoms with E-state index in [0.717, 1.165) is 28.1 Å². The number of alkyl halides is 1. The van der Waals surface area contributed by atoms with E-state index in [4.69, 9.17) is 16.3 Å². The van der Waals surface area contributed by atoms with Crippen molar-refractivity contribution in [3.8, 4) is 5.75 Å². The third kappa shape index (κ3) is 3.40. The number of aromatic amines is 1. The molecule has 1 aromatic heterocycles. The average molecular weight is 383 g/mol. The molecular weight excluding hydrogens is 364 g/mol. The van der Waals surface area contributed by atoms with Gasteiger partial charge in [0, 0.05) is 18.7 Å². The largest absolute Gasteiger partial charge is 0.497 e. The van der Waals surface area contributed by atoms with Gasteiger partial charge in [-0.2, -0.15) is 5.10 Å². The molecule has 2 heterocycles. The highest BCUT2D eigenvalue weighted by atomic mass is 35.5. The Bertz CT molecular complexity index is 964. The van der Waals surface area contributed by atoms with Crippen LogP contribution in [0.1, 0.15) is 30.3 Å². The van der Waals surface area contributed by atoms with Crippen molar-refractivity contribution in [2.24, 2.45) is 5.10 Å². The average Bonchev–Trinajstić information content (AvgIpc) is 3.32. The number of benzene rings is 2. The molecular formula is C20H19ClN4O2. The van der Waals surface area contributed by atoms with Gasteiger partial charge in [0.25, 0.3) is 0 Å². The van der Waals surface area contributed by atoms with Crippen LogP contribution in [-0.2, 0) is 4.79 Å². The summed E-state index contributed by atoms with van der Waals surface area (Å²) in [6, 6.07) is 15.3. The van der Waals surface area contributed by atoms with Crippen molar-refractivity contribution in [2.45, 2.75) is 18.9 Å². The van der Waals surface area contributed by atoms with Crippen molar-refractivity contribution in [1.29, 1.82) is 0 Å². The summed E-state index contributed by atoms with van der Waals surface area (Å²) in [7, 11) is 1.63. The lowest BCUT2D eigenvalue weighted by Gasteiger charge is -2.21. The first-order chi connectivity index (χ1) is 13.2. The number of carbonyl (C=O) groups is 1. The van der Waals surface area contributed by atoms with Crippen molar-refractivity contribution < 1.29 is 9.53 Å². The molecule has 4 rings (SSSR count). The molecule has 1 aliphatic heterocycles. The predicted octanol–water partition coefficient (Wildman–Crippen LogP) is 3.88. The number of rotatable bonds is 5. The predicted molar refractivity (Wildman–Crippen MR) is 105 cm³/mol. The van der Waals surface area contributed by atoms with E-state index >= 15 is 0 Å². The second-order valence-corrected chi connectivity index (χ2v) is 6.70. The van der Waals surface area contributed by atoms with Gasteiger partial charge in [-0.1, -0.05) is 24.3 Å². The second kappa shape index (κ2) is 7.40. The Morgan fingerprint density at radius 1 is 1.26 bits per heavy atom. The quantitative estimate of drug-likeness (QED) is 0.681. The smallest absolute Gasteiger partial charge is 0.244 e. The standard InChI is InChI=1S/C20H19ClN4O2/c1-27-14-8-6-13(7-9-14)18-12-17(24-25(18)19(26)10-11-21)20-22-15-4-2-3-5-16(15)23-20/h2-9,18H,10-12H2,1H3,(H,22,23). The number of fused-ring (bicyclic) bond motifs is 1. The molecule has 1 unspecified atom stereocenters. The van der Waals surface area contributed by atoms with Gasteiger partial charge in [0.15, 0.2) is 5.82 Å². The summed E-state index contributed by atoms with van der Waals surface area (Å²) in [5, 5.41) is 6.12. The number of para-hydroxylation sites is 2. The van der Waals surface area contributed by atoms with E-state index in [9.17, 15) is 4.79 Å². The molecule has 1 atom stereocenters. The van der Waals surface area contributed by atoms with Gasteiger partial charge in [0.05, 0.1) is 24.2 Å². The van der Waals surface area contributed by atoms with Crippen LogP contribution in [0.15, 0.2) is 53.6 Å². The van der Waals surface area contributed by atoms with Gasteiger partial charge < -0.3 is 9.72 Å². The van der Waals surface area contributed by atoms with E-state index < -0.39 is 0 Å². The summed E-state index contributed by atoms with van der Waals surface area (Å²) in [6.45, 7) is 0. The van der Waals surface area contributed by atoms with Crippen LogP contribution in [0, 0.1) is 0 Å². The van der Waals surface area contributed by atoms with Crippen molar-refractivity contribution in [3.63, 3.8) is 0 Å². The fraction of sp³-hybridized carbons (Fsp3) is 0.250. The van der Waals surface area contributed by atoms with E-state index in [2.05, 4.69) is 15.1 Å². The highest BCUT2D eigenvalue weighted by Crippen LogP contribution is 2.33. The van der Waals surface area contributed by atoms with E-state index in [0.29, 0.717) is 12.2 Å². The number of aromatic nitrogens is 2. The second-order valence-electron chi connectivity index (χ2n) is 6.32. The molecule has 0 fully saturated rings. The molecule has 138 valence electrons. The Hall–Kier alpha value is -2.86. The summed E-state index contributed by atoms with van der Waals surface area (Å²) in [6.07, 6.45) is 0.825. The zero-order valence-electron chi connectivity index (χ0n) is 14.9. The molecule has 0 bridgehead atoms. The Morgan fingerprint density at radius 3 is 2.74 bits per heavy atom. The van der Waals surface area contributed by atoms with Crippen molar-refractivity contribution in [2.75, 3.05) is 13.0 Å². The lowest BCUT2D eigenvalue weighted by Crippen LogP contribution is -2.27. The number of halogens is 1. The van der Waals surface area contributed by atoms with Crippen LogP contribution in [0.25, 0.3) is 11.0 Å². The Labute approximate surface area is 161 Å². The minimum Gasteiger partial charge on any atom is -0.497 e. The first-order valence-electron chi connectivity index (χ1n) is 8.74. The van der Waals surface area contributed by atoms with Gasteiger partial charge in [-0.15, -0.1) is 11.6 Å². The molecule has 1 N–H and O–H groups in total. The highest BCUT2D eigenvalue weighted by Gasteiger charge is 2.33. The van der Waals surface area contributed by atoms with Crippen LogP contribution in [0.2, 0.25) is 0 Å². The van der Waals surface area contributed by atoms with Crippen LogP contribution in [0.4, 0.5) is 0 Å². The molecule has 3 aromatic rings. The maximum absolute atomic E-state index is 12.6. The van der Waals surface area contributed by atoms with Crippen molar-refractivity contribution in [1.82, 2.24) is 15.0 Å². The number of carbonyl (C=O) groups excluding carboxylic acids is 1. The number of H-pyrrole nitrogens is 1. The number of nitrogens with zero attached hydrogens (tertiary/aromatic N) is 3. The summed E-state index contributed by atoms with van der Waals surface area (Å²) in [5.74, 6) is 1.63. The maximum atomic E-state index is 12.6. The number of methoxy groups -OCH3 is 1. The zero-order chi connectivity index (χ0) is 18.8. The number of hydrogen-bond acceptors (Lipinski definition) is 4. The topological polar surface area (TPSA) is 70.6 Å². The van der Waals surface area contributed by atoms with Gasteiger partial charge in [-0.25, -0.2) is 9.99 Å². The fourth-order valence-corrected chi connectivity index (χ4v) is 3.42. The highest BCUT2D eigenvalue weighted by molar-refractivity contribution is 6.19. The molecule has 0 aliphatic carbocycles. The number of imidazole rings is 1. The van der Waals surface area contributed by atoms with Crippen LogP contribution in [0.5, 0.6) is 5.75 Å². The summed E-state index contributed by atoms with van der Waals surface area (Å²) in [4.78, 5) is 20.5. The van der Waals surface area contributed by atoms with Crippen LogP contribution >= 0.6 is 11.6 Å².